The highest BCUT2D eigenvalue weighted by Crippen LogP contribution is 2.26. The van der Waals surface area contributed by atoms with Gasteiger partial charge in [0.25, 0.3) is 0 Å². The van der Waals surface area contributed by atoms with Crippen molar-refractivity contribution in [3.05, 3.63) is 78.9 Å². The number of benzene rings is 3. The molecule has 0 aliphatic rings. The van der Waals surface area contributed by atoms with Crippen LogP contribution in [0, 0.1) is 0 Å². The summed E-state index contributed by atoms with van der Waals surface area (Å²) < 4.78 is 6.76. The first-order chi connectivity index (χ1) is 12.8. The highest BCUT2D eigenvalue weighted by atomic mass is 32.1. The van der Waals surface area contributed by atoms with Gasteiger partial charge in [-0.1, -0.05) is 41.7 Å². The zero-order valence-corrected chi connectivity index (χ0v) is 14.5. The number of para-hydroxylation sites is 2. The largest absolute Gasteiger partial charge is 0.457 e. The van der Waals surface area contributed by atoms with E-state index >= 15 is 0 Å². The predicted molar refractivity (Wildman–Crippen MR) is 105 cm³/mol. The quantitative estimate of drug-likeness (QED) is 0.488. The van der Waals surface area contributed by atoms with Crippen molar-refractivity contribution in [2.24, 2.45) is 0 Å². The van der Waals surface area contributed by atoms with Crippen molar-refractivity contribution >= 4 is 38.4 Å². The van der Waals surface area contributed by atoms with E-state index in [0.717, 1.165) is 16.0 Å². The standard InChI is InChI=1S/C20H15N3O2S/c24-19(23-20-22-17-8-4-5-9-18(17)26-20)21-14-10-12-16(13-11-14)25-15-6-2-1-3-7-15/h1-13H,(H2,21,22,23,24). The molecule has 128 valence electrons. The first kappa shape index (κ1) is 16.1. The molecule has 0 unspecified atom stereocenters. The Morgan fingerprint density at radius 1 is 0.808 bits per heavy atom. The normalized spacial score (nSPS) is 10.5. The number of thiazole rings is 1. The number of amides is 2. The first-order valence-corrected chi connectivity index (χ1v) is 8.84. The van der Waals surface area contributed by atoms with Crippen LogP contribution in [0.5, 0.6) is 11.5 Å². The maximum atomic E-state index is 12.1. The molecule has 0 atom stereocenters. The molecule has 0 saturated carbocycles. The number of ether oxygens (including phenoxy) is 1. The van der Waals surface area contributed by atoms with Crippen molar-refractivity contribution in [1.82, 2.24) is 4.98 Å². The second-order valence-electron chi connectivity index (χ2n) is 5.51. The number of nitrogens with zero attached hydrogens (tertiary/aromatic N) is 1. The van der Waals surface area contributed by atoms with Crippen molar-refractivity contribution in [3.63, 3.8) is 0 Å². The van der Waals surface area contributed by atoms with Gasteiger partial charge in [-0.3, -0.25) is 5.32 Å². The second kappa shape index (κ2) is 7.25. The smallest absolute Gasteiger partial charge is 0.325 e. The molecule has 0 radical (unpaired) electrons. The monoisotopic (exact) mass is 361 g/mol. The van der Waals surface area contributed by atoms with Gasteiger partial charge in [-0.05, 0) is 48.5 Å². The number of anilines is 2. The number of aromatic nitrogens is 1. The Bertz CT molecular complexity index is 997. The van der Waals surface area contributed by atoms with Gasteiger partial charge < -0.3 is 10.1 Å². The molecule has 0 spiro atoms. The van der Waals surface area contributed by atoms with Crippen molar-refractivity contribution in [1.29, 1.82) is 0 Å². The van der Waals surface area contributed by atoms with E-state index in [0.29, 0.717) is 16.6 Å². The summed E-state index contributed by atoms with van der Waals surface area (Å²) in [7, 11) is 0. The zero-order valence-electron chi connectivity index (χ0n) is 13.7. The minimum atomic E-state index is -0.333. The molecule has 0 fully saturated rings. The third-order valence-electron chi connectivity index (χ3n) is 3.61. The number of fused-ring (bicyclic) bond motifs is 1. The number of carbonyl (C=O) groups is 1. The van der Waals surface area contributed by atoms with E-state index in [-0.39, 0.29) is 6.03 Å². The highest BCUT2D eigenvalue weighted by molar-refractivity contribution is 7.22. The molecule has 2 amide bonds. The van der Waals surface area contributed by atoms with Crippen molar-refractivity contribution in [2.75, 3.05) is 10.6 Å². The fraction of sp³-hybridized carbons (Fsp3) is 0. The van der Waals surface area contributed by atoms with Crippen molar-refractivity contribution < 1.29 is 9.53 Å². The minimum absolute atomic E-state index is 0.333. The summed E-state index contributed by atoms with van der Waals surface area (Å²) in [5.41, 5.74) is 1.54. The SMILES string of the molecule is O=C(Nc1ccc(Oc2ccccc2)cc1)Nc1nc2ccccc2s1. The fourth-order valence-corrected chi connectivity index (χ4v) is 3.28. The van der Waals surface area contributed by atoms with E-state index in [1.807, 2.05) is 54.6 Å². The number of urea groups is 1. The Balaban J connectivity index is 1.38. The fourth-order valence-electron chi connectivity index (χ4n) is 2.42. The number of carbonyl (C=O) groups excluding carboxylic acids is 1. The molecular weight excluding hydrogens is 346 g/mol. The first-order valence-electron chi connectivity index (χ1n) is 8.03. The Labute approximate surface area is 154 Å². The summed E-state index contributed by atoms with van der Waals surface area (Å²) >= 11 is 1.44. The molecular formula is C20H15N3O2S. The molecule has 6 heteroatoms. The van der Waals surface area contributed by atoms with Crippen LogP contribution in [0.2, 0.25) is 0 Å². The Kier molecular flexibility index (Phi) is 4.49. The third kappa shape index (κ3) is 3.81. The lowest BCUT2D eigenvalue weighted by molar-refractivity contribution is 0.262. The Morgan fingerprint density at radius 3 is 2.27 bits per heavy atom. The molecule has 4 rings (SSSR count). The lowest BCUT2D eigenvalue weighted by Gasteiger charge is -2.08. The molecule has 0 saturated heterocycles. The van der Waals surface area contributed by atoms with E-state index in [9.17, 15) is 4.79 Å². The van der Waals surface area contributed by atoms with E-state index < -0.39 is 0 Å². The summed E-state index contributed by atoms with van der Waals surface area (Å²) in [6.45, 7) is 0. The van der Waals surface area contributed by atoms with Gasteiger partial charge in [-0.25, -0.2) is 9.78 Å². The average molecular weight is 361 g/mol. The molecule has 1 aromatic heterocycles. The van der Waals surface area contributed by atoms with Crippen molar-refractivity contribution in [3.8, 4) is 11.5 Å². The molecule has 1 heterocycles. The predicted octanol–water partition coefficient (Wildman–Crippen LogP) is 5.73. The summed E-state index contributed by atoms with van der Waals surface area (Å²) in [6, 6.07) is 24.2. The van der Waals surface area contributed by atoms with Crippen LogP contribution in [0.4, 0.5) is 15.6 Å². The van der Waals surface area contributed by atoms with Crippen LogP contribution in [0.15, 0.2) is 78.9 Å². The van der Waals surface area contributed by atoms with Gasteiger partial charge in [-0.15, -0.1) is 0 Å². The number of hydrogen-bond acceptors (Lipinski definition) is 4. The van der Waals surface area contributed by atoms with Gasteiger partial charge in [0.15, 0.2) is 5.13 Å². The van der Waals surface area contributed by atoms with Crippen LogP contribution < -0.4 is 15.4 Å². The Morgan fingerprint density at radius 2 is 1.50 bits per heavy atom. The number of nitrogens with one attached hydrogen (secondary N) is 2. The van der Waals surface area contributed by atoms with Gasteiger partial charge in [0.2, 0.25) is 0 Å². The minimum Gasteiger partial charge on any atom is -0.457 e. The summed E-state index contributed by atoms with van der Waals surface area (Å²) in [5.74, 6) is 1.47. The van der Waals surface area contributed by atoms with Gasteiger partial charge >= 0.3 is 6.03 Å². The van der Waals surface area contributed by atoms with Gasteiger partial charge in [0.05, 0.1) is 10.2 Å². The van der Waals surface area contributed by atoms with Crippen LogP contribution >= 0.6 is 11.3 Å². The second-order valence-corrected chi connectivity index (χ2v) is 6.54. The van der Waals surface area contributed by atoms with Crippen LogP contribution in [0.25, 0.3) is 10.2 Å². The van der Waals surface area contributed by atoms with Crippen molar-refractivity contribution in [2.45, 2.75) is 0 Å². The molecule has 2 N–H and O–H groups in total. The topological polar surface area (TPSA) is 63.2 Å². The van der Waals surface area contributed by atoms with Gasteiger partial charge in [0.1, 0.15) is 11.5 Å². The molecule has 26 heavy (non-hydrogen) atoms. The maximum Gasteiger partial charge on any atom is 0.325 e. The highest BCUT2D eigenvalue weighted by Gasteiger charge is 2.08. The lowest BCUT2D eigenvalue weighted by Crippen LogP contribution is -2.19. The Hall–Kier alpha value is -3.38. The van der Waals surface area contributed by atoms with Crippen LogP contribution in [-0.2, 0) is 0 Å². The summed E-state index contributed by atoms with van der Waals surface area (Å²) in [4.78, 5) is 16.5. The van der Waals surface area contributed by atoms with Crippen LogP contribution in [0.1, 0.15) is 0 Å². The summed E-state index contributed by atoms with van der Waals surface area (Å²) in [5, 5.41) is 6.11. The number of hydrogen-bond donors (Lipinski definition) is 2. The van der Waals surface area contributed by atoms with E-state index in [1.54, 1.807) is 24.3 Å². The van der Waals surface area contributed by atoms with Gasteiger partial charge in [0, 0.05) is 5.69 Å². The molecule has 3 aromatic carbocycles. The van der Waals surface area contributed by atoms with Crippen LogP contribution in [-0.4, -0.2) is 11.0 Å². The zero-order chi connectivity index (χ0) is 17.8. The van der Waals surface area contributed by atoms with E-state index in [1.165, 1.54) is 11.3 Å². The number of rotatable bonds is 4. The molecule has 0 aliphatic heterocycles. The van der Waals surface area contributed by atoms with E-state index in [4.69, 9.17) is 4.74 Å². The van der Waals surface area contributed by atoms with Crippen LogP contribution in [0.3, 0.4) is 0 Å². The molecule has 5 nitrogen and oxygen atoms in total. The lowest BCUT2D eigenvalue weighted by atomic mass is 10.3. The van der Waals surface area contributed by atoms with E-state index in [2.05, 4.69) is 15.6 Å². The summed E-state index contributed by atoms with van der Waals surface area (Å²) in [6.07, 6.45) is 0. The third-order valence-corrected chi connectivity index (χ3v) is 4.56. The maximum absolute atomic E-state index is 12.1. The average Bonchev–Trinajstić information content (AvgIpc) is 3.06. The molecule has 4 aromatic rings. The molecule has 0 aliphatic carbocycles. The molecule has 0 bridgehead atoms. The van der Waals surface area contributed by atoms with Gasteiger partial charge in [-0.2, -0.15) is 0 Å².